The van der Waals surface area contributed by atoms with Crippen LogP contribution in [0.2, 0.25) is 5.02 Å². The molecule has 2 N–H and O–H groups in total. The molecule has 0 bridgehead atoms. The molecule has 1 aliphatic heterocycles. The molecule has 0 radical (unpaired) electrons. The molecule has 2 atom stereocenters. The molecule has 37 heavy (non-hydrogen) atoms. The van der Waals surface area contributed by atoms with Gasteiger partial charge in [0, 0.05) is 10.6 Å². The molecule has 7 heteroatoms. The highest BCUT2D eigenvalue weighted by Crippen LogP contribution is 2.37. The van der Waals surface area contributed by atoms with Gasteiger partial charge in [0.2, 0.25) is 5.88 Å². The number of H-pyrrole nitrogens is 1. The second-order valence-electron chi connectivity index (χ2n) is 9.56. The van der Waals surface area contributed by atoms with Crippen LogP contribution in [-0.2, 0) is 11.2 Å². The molecule has 0 aliphatic carbocycles. The third-order valence-corrected chi connectivity index (χ3v) is 6.76. The van der Waals surface area contributed by atoms with Crippen molar-refractivity contribution in [1.29, 1.82) is 0 Å². The molecule has 0 saturated heterocycles. The molecule has 0 amide bonds. The van der Waals surface area contributed by atoms with E-state index in [4.69, 9.17) is 26.2 Å². The molecule has 198 valence electrons. The Morgan fingerprint density at radius 1 is 1.27 bits per heavy atom. The van der Waals surface area contributed by atoms with Gasteiger partial charge in [-0.3, -0.25) is 4.79 Å². The van der Waals surface area contributed by atoms with Gasteiger partial charge in [-0.1, -0.05) is 56.6 Å². The molecular weight excluding hydrogens is 488 g/mol. The number of fused-ring (bicyclic) bond motifs is 1. The number of ether oxygens (including phenoxy) is 2. The van der Waals surface area contributed by atoms with Crippen LogP contribution in [0.5, 0.6) is 11.6 Å². The summed E-state index contributed by atoms with van der Waals surface area (Å²) >= 11 is 6.16. The Morgan fingerprint density at radius 3 is 2.62 bits per heavy atom. The van der Waals surface area contributed by atoms with E-state index in [1.54, 1.807) is 20.2 Å². The first kappa shape index (κ1) is 28.5. The van der Waals surface area contributed by atoms with Crippen molar-refractivity contribution in [3.63, 3.8) is 0 Å². The first-order valence-electron chi connectivity index (χ1n) is 12.7. The Hall–Kier alpha value is -3.09. The minimum Gasteiger partial charge on any atom is -0.493 e. The number of aromatic amines is 1. The molecule has 1 aliphatic rings. The van der Waals surface area contributed by atoms with E-state index in [9.17, 15) is 4.79 Å². The number of Topliss-reactive ketones (excluding diaryl/α,β-unsaturated/α-hetero) is 1. The number of hydrogen-bond acceptors (Lipinski definition) is 5. The van der Waals surface area contributed by atoms with Crippen LogP contribution in [0, 0.1) is 5.92 Å². The standard InChI is InChI=1S/C26H27ClN2O3.C4H10O/c1-5-20(25(30)18-10-17-11-19(27)7-9-24(17)32-14-18)21-8-6-16(12-22(21)15(2)3)23-13-28-29-26(23)31-4;1-3-4(2)5/h5-9,11-13,15,18H,10,14H2,1-4H3,(H,28,29);4-5H,3H2,1-2H3/b20-5+;. The smallest absolute Gasteiger partial charge is 0.216 e. The van der Waals surface area contributed by atoms with Crippen molar-refractivity contribution in [2.45, 2.75) is 59.5 Å². The van der Waals surface area contributed by atoms with E-state index >= 15 is 0 Å². The number of aliphatic hydroxyl groups excluding tert-OH is 1. The summed E-state index contributed by atoms with van der Waals surface area (Å²) in [4.78, 5) is 13.6. The summed E-state index contributed by atoms with van der Waals surface area (Å²) in [6.45, 7) is 10.3. The predicted molar refractivity (Wildman–Crippen MR) is 149 cm³/mol. The molecule has 6 nitrogen and oxygen atoms in total. The Balaban J connectivity index is 0.000000695. The highest BCUT2D eigenvalue weighted by molar-refractivity contribution is 6.30. The second-order valence-corrected chi connectivity index (χ2v) is 10.00. The van der Waals surface area contributed by atoms with E-state index in [0.29, 0.717) is 23.9 Å². The summed E-state index contributed by atoms with van der Waals surface area (Å²) in [6.07, 6.45) is 5.03. The zero-order valence-electron chi connectivity index (χ0n) is 22.5. The lowest BCUT2D eigenvalue weighted by Crippen LogP contribution is -2.29. The van der Waals surface area contributed by atoms with E-state index in [1.807, 2.05) is 50.3 Å². The second kappa shape index (κ2) is 12.9. The third kappa shape index (κ3) is 6.82. The van der Waals surface area contributed by atoms with Crippen LogP contribution in [0.4, 0.5) is 0 Å². The van der Waals surface area contributed by atoms with Crippen molar-refractivity contribution < 1.29 is 19.4 Å². The summed E-state index contributed by atoms with van der Waals surface area (Å²) in [5, 5.41) is 16.0. The Morgan fingerprint density at radius 2 is 2.00 bits per heavy atom. The van der Waals surface area contributed by atoms with Gasteiger partial charge in [0.1, 0.15) is 5.75 Å². The summed E-state index contributed by atoms with van der Waals surface area (Å²) in [5.41, 5.74) is 5.64. The van der Waals surface area contributed by atoms with Crippen molar-refractivity contribution in [3.8, 4) is 22.8 Å². The maximum atomic E-state index is 13.6. The number of ketones is 1. The van der Waals surface area contributed by atoms with Crippen molar-refractivity contribution in [2.75, 3.05) is 13.7 Å². The Kier molecular flexibility index (Phi) is 9.95. The van der Waals surface area contributed by atoms with Crippen LogP contribution >= 0.6 is 11.6 Å². The van der Waals surface area contributed by atoms with Crippen molar-refractivity contribution in [1.82, 2.24) is 10.2 Å². The van der Waals surface area contributed by atoms with Crippen molar-refractivity contribution >= 4 is 23.0 Å². The van der Waals surface area contributed by atoms with Crippen molar-refractivity contribution in [3.05, 3.63) is 70.4 Å². The lowest BCUT2D eigenvalue weighted by molar-refractivity contribution is -0.118. The van der Waals surface area contributed by atoms with Crippen LogP contribution in [0.15, 0.2) is 48.7 Å². The first-order valence-corrected chi connectivity index (χ1v) is 13.1. The van der Waals surface area contributed by atoms with Crippen LogP contribution in [0.1, 0.15) is 63.6 Å². The number of aliphatic hydroxyl groups is 1. The number of nitrogens with one attached hydrogen (secondary N) is 1. The molecule has 2 aromatic carbocycles. The summed E-state index contributed by atoms with van der Waals surface area (Å²) in [5.74, 6) is 1.50. The maximum Gasteiger partial charge on any atom is 0.216 e. The number of rotatable bonds is 7. The third-order valence-electron chi connectivity index (χ3n) is 6.53. The van der Waals surface area contributed by atoms with Gasteiger partial charge in [-0.15, -0.1) is 0 Å². The minimum absolute atomic E-state index is 0.0914. The van der Waals surface area contributed by atoms with Gasteiger partial charge in [0.25, 0.3) is 0 Å². The topological polar surface area (TPSA) is 84.4 Å². The summed E-state index contributed by atoms with van der Waals surface area (Å²) in [7, 11) is 1.61. The van der Waals surface area contributed by atoms with Gasteiger partial charge < -0.3 is 14.6 Å². The molecule has 4 rings (SSSR count). The Labute approximate surface area is 224 Å². The summed E-state index contributed by atoms with van der Waals surface area (Å²) < 4.78 is 11.3. The predicted octanol–water partition coefficient (Wildman–Crippen LogP) is 6.86. The molecule has 3 aromatic rings. The lowest BCUT2D eigenvalue weighted by Gasteiger charge is -2.26. The zero-order valence-corrected chi connectivity index (χ0v) is 23.2. The normalized spacial score (nSPS) is 15.8. The number of allylic oxidation sites excluding steroid dienone is 2. The fraction of sp³-hybridized carbons (Fsp3) is 0.400. The average molecular weight is 525 g/mol. The minimum atomic E-state index is -0.249. The van der Waals surface area contributed by atoms with E-state index in [-0.39, 0.29) is 23.7 Å². The number of methoxy groups -OCH3 is 1. The number of aromatic nitrogens is 2. The maximum absolute atomic E-state index is 13.6. The molecule has 2 unspecified atom stereocenters. The van der Waals surface area contributed by atoms with Crippen LogP contribution in [0.3, 0.4) is 0 Å². The quantitative estimate of drug-likeness (QED) is 0.330. The highest BCUT2D eigenvalue weighted by Gasteiger charge is 2.30. The van der Waals surface area contributed by atoms with Crippen molar-refractivity contribution in [2.24, 2.45) is 5.92 Å². The summed E-state index contributed by atoms with van der Waals surface area (Å²) in [6, 6.07) is 11.7. The van der Waals surface area contributed by atoms with Gasteiger partial charge in [-0.25, -0.2) is 5.10 Å². The molecular formula is C30H37ClN2O4. The van der Waals surface area contributed by atoms with E-state index in [0.717, 1.165) is 45.6 Å². The monoisotopic (exact) mass is 524 g/mol. The molecule has 0 spiro atoms. The fourth-order valence-corrected chi connectivity index (χ4v) is 4.47. The molecule has 0 fully saturated rings. The number of hydrogen-bond donors (Lipinski definition) is 2. The number of benzene rings is 2. The van der Waals surface area contributed by atoms with E-state index in [1.165, 1.54) is 0 Å². The van der Waals surface area contributed by atoms with Crippen LogP contribution in [-0.4, -0.2) is 40.9 Å². The molecule has 2 heterocycles. The van der Waals surface area contributed by atoms with Gasteiger partial charge in [0.15, 0.2) is 5.78 Å². The lowest BCUT2D eigenvalue weighted by atomic mass is 9.83. The SMILES string of the molecule is C/C=C(/C(=O)C1COc2ccc(Cl)cc2C1)c1ccc(-c2cn[nH]c2OC)cc1C(C)C.CCC(C)O. The highest BCUT2D eigenvalue weighted by atomic mass is 35.5. The fourth-order valence-electron chi connectivity index (χ4n) is 4.27. The van der Waals surface area contributed by atoms with Gasteiger partial charge in [0.05, 0.1) is 37.5 Å². The Bertz CT molecular complexity index is 1250. The van der Waals surface area contributed by atoms with Crippen LogP contribution < -0.4 is 9.47 Å². The van der Waals surface area contributed by atoms with Gasteiger partial charge in [-0.2, -0.15) is 5.10 Å². The molecule has 1 aromatic heterocycles. The van der Waals surface area contributed by atoms with E-state index in [2.05, 4.69) is 30.1 Å². The number of carbonyl (C=O) groups is 1. The number of halogens is 1. The zero-order chi connectivity index (χ0) is 27.1. The molecule has 0 saturated carbocycles. The first-order chi connectivity index (χ1) is 17.7. The van der Waals surface area contributed by atoms with E-state index < -0.39 is 0 Å². The van der Waals surface area contributed by atoms with Gasteiger partial charge in [-0.05, 0) is 73.1 Å². The number of nitrogens with zero attached hydrogens (tertiary/aromatic N) is 1. The van der Waals surface area contributed by atoms with Gasteiger partial charge >= 0.3 is 0 Å². The number of carbonyl (C=O) groups excluding carboxylic acids is 1. The average Bonchev–Trinajstić information content (AvgIpc) is 3.38. The largest absolute Gasteiger partial charge is 0.493 e. The van der Waals surface area contributed by atoms with Crippen LogP contribution in [0.25, 0.3) is 16.7 Å².